The third kappa shape index (κ3) is 4.19. The molecule has 1 aliphatic rings. The van der Waals surface area contributed by atoms with Gasteiger partial charge in [0, 0.05) is 13.6 Å². The van der Waals surface area contributed by atoms with E-state index in [4.69, 9.17) is 10.5 Å². The van der Waals surface area contributed by atoms with Crippen LogP contribution < -0.4 is 5.73 Å². The first-order chi connectivity index (χ1) is 9.52. The number of rotatable bonds is 4. The van der Waals surface area contributed by atoms with E-state index in [1.54, 1.807) is 4.90 Å². The van der Waals surface area contributed by atoms with Crippen LogP contribution in [0.25, 0.3) is 0 Å². The molecule has 0 aromatic heterocycles. The van der Waals surface area contributed by atoms with Gasteiger partial charge in [-0.05, 0) is 32.3 Å². The number of aryl methyl sites for hydroxylation is 1. The van der Waals surface area contributed by atoms with Crippen molar-refractivity contribution in [2.45, 2.75) is 44.9 Å². The number of likely N-dealkylation sites (N-methyl/N-ethyl adjacent to an activating group) is 1. The smallest absolute Gasteiger partial charge is 0.251 e. The summed E-state index contributed by atoms with van der Waals surface area (Å²) in [5.74, 6) is 0.0500. The van der Waals surface area contributed by atoms with Gasteiger partial charge in [0.05, 0.1) is 12.1 Å². The van der Waals surface area contributed by atoms with Gasteiger partial charge < -0.3 is 15.4 Å². The number of carbonyl (C=O) groups is 1. The fourth-order valence-corrected chi connectivity index (χ4v) is 2.55. The van der Waals surface area contributed by atoms with Crippen molar-refractivity contribution in [2.75, 3.05) is 13.6 Å². The highest BCUT2D eigenvalue weighted by Crippen LogP contribution is 2.25. The summed E-state index contributed by atoms with van der Waals surface area (Å²) in [6.45, 7) is 4.58. The fourth-order valence-electron chi connectivity index (χ4n) is 2.55. The zero-order valence-corrected chi connectivity index (χ0v) is 13.7. The standard InChI is InChI=1S/C16H24N2O2.ClH/c1-11-4-6-13(7-5-11)12(2)18(3)16(19)15-9-8-14(10-17)20-15;/h4-7,12,14-15H,8-10,17H2,1-3H3;1H/t12?,14-,15+;/m1./s1. The lowest BCUT2D eigenvalue weighted by atomic mass is 10.0. The number of hydrogen-bond donors (Lipinski definition) is 1. The maximum atomic E-state index is 12.4. The minimum absolute atomic E-state index is 0. The lowest BCUT2D eigenvalue weighted by Crippen LogP contribution is -2.38. The van der Waals surface area contributed by atoms with Crippen LogP contribution in [0.4, 0.5) is 0 Å². The van der Waals surface area contributed by atoms with E-state index in [1.807, 2.05) is 14.0 Å². The number of hydrogen-bond acceptors (Lipinski definition) is 3. The Balaban J connectivity index is 0.00000220. The fraction of sp³-hybridized carbons (Fsp3) is 0.562. The van der Waals surface area contributed by atoms with Crippen molar-refractivity contribution < 1.29 is 9.53 Å². The summed E-state index contributed by atoms with van der Waals surface area (Å²) in [5, 5.41) is 0. The van der Waals surface area contributed by atoms with Crippen LogP contribution in [-0.2, 0) is 9.53 Å². The first-order valence-corrected chi connectivity index (χ1v) is 7.21. The Morgan fingerprint density at radius 2 is 2.00 bits per heavy atom. The number of halogens is 1. The Morgan fingerprint density at radius 1 is 1.38 bits per heavy atom. The van der Waals surface area contributed by atoms with Gasteiger partial charge in [0.15, 0.2) is 0 Å². The molecule has 0 saturated carbocycles. The van der Waals surface area contributed by atoms with E-state index in [2.05, 4.69) is 31.2 Å². The van der Waals surface area contributed by atoms with E-state index in [0.717, 1.165) is 18.4 Å². The Hall–Kier alpha value is -1.10. The van der Waals surface area contributed by atoms with Crippen molar-refractivity contribution in [3.63, 3.8) is 0 Å². The average Bonchev–Trinajstić information content (AvgIpc) is 2.94. The monoisotopic (exact) mass is 312 g/mol. The van der Waals surface area contributed by atoms with Crippen LogP contribution in [-0.4, -0.2) is 36.6 Å². The van der Waals surface area contributed by atoms with Crippen molar-refractivity contribution in [2.24, 2.45) is 5.73 Å². The van der Waals surface area contributed by atoms with Crippen molar-refractivity contribution in [1.82, 2.24) is 4.90 Å². The second kappa shape index (κ2) is 7.78. The van der Waals surface area contributed by atoms with Crippen molar-refractivity contribution in [1.29, 1.82) is 0 Å². The van der Waals surface area contributed by atoms with E-state index in [-0.39, 0.29) is 36.6 Å². The highest BCUT2D eigenvalue weighted by Gasteiger charge is 2.33. The van der Waals surface area contributed by atoms with E-state index in [1.165, 1.54) is 5.56 Å². The van der Waals surface area contributed by atoms with Crippen LogP contribution in [0.2, 0.25) is 0 Å². The summed E-state index contributed by atoms with van der Waals surface area (Å²) >= 11 is 0. The molecule has 1 aromatic rings. The number of nitrogens with two attached hydrogens (primary N) is 1. The number of ether oxygens (including phenoxy) is 1. The number of amides is 1. The molecule has 5 heteroatoms. The van der Waals surface area contributed by atoms with Gasteiger partial charge in [-0.25, -0.2) is 0 Å². The lowest BCUT2D eigenvalue weighted by molar-refractivity contribution is -0.143. The molecular formula is C16H25ClN2O2. The molecule has 118 valence electrons. The number of carbonyl (C=O) groups excluding carboxylic acids is 1. The molecular weight excluding hydrogens is 288 g/mol. The SMILES string of the molecule is Cc1ccc(C(C)N(C)C(=O)[C@@H]2CC[C@H](CN)O2)cc1.Cl. The zero-order chi connectivity index (χ0) is 14.7. The van der Waals surface area contributed by atoms with Crippen LogP contribution in [0.5, 0.6) is 0 Å². The van der Waals surface area contributed by atoms with Crippen LogP contribution in [0.1, 0.15) is 36.9 Å². The van der Waals surface area contributed by atoms with Crippen LogP contribution in [0.3, 0.4) is 0 Å². The Bertz CT molecular complexity index is 464. The van der Waals surface area contributed by atoms with E-state index in [9.17, 15) is 4.79 Å². The highest BCUT2D eigenvalue weighted by atomic mass is 35.5. The van der Waals surface area contributed by atoms with E-state index >= 15 is 0 Å². The Kier molecular flexibility index (Phi) is 6.65. The maximum Gasteiger partial charge on any atom is 0.251 e. The summed E-state index contributed by atoms with van der Waals surface area (Å²) in [7, 11) is 1.84. The van der Waals surface area contributed by atoms with Gasteiger partial charge in [-0.2, -0.15) is 0 Å². The minimum Gasteiger partial charge on any atom is -0.364 e. The normalized spacial score (nSPS) is 22.5. The number of benzene rings is 1. The largest absolute Gasteiger partial charge is 0.364 e. The van der Waals surface area contributed by atoms with Crippen LogP contribution in [0, 0.1) is 6.92 Å². The van der Waals surface area contributed by atoms with Gasteiger partial charge in [0.1, 0.15) is 6.10 Å². The third-order valence-electron chi connectivity index (χ3n) is 4.13. The highest BCUT2D eigenvalue weighted by molar-refractivity contribution is 5.85. The molecule has 0 spiro atoms. The molecule has 0 bridgehead atoms. The molecule has 0 aliphatic carbocycles. The molecule has 1 heterocycles. The molecule has 1 aliphatic heterocycles. The van der Waals surface area contributed by atoms with Crippen molar-refractivity contribution >= 4 is 18.3 Å². The average molecular weight is 313 g/mol. The summed E-state index contributed by atoms with van der Waals surface area (Å²) in [5.41, 5.74) is 7.95. The van der Waals surface area contributed by atoms with E-state index in [0.29, 0.717) is 6.54 Å². The van der Waals surface area contributed by atoms with Gasteiger partial charge in [0.25, 0.3) is 5.91 Å². The molecule has 2 rings (SSSR count). The summed E-state index contributed by atoms with van der Waals surface area (Å²) in [6.07, 6.45) is 1.35. The molecule has 21 heavy (non-hydrogen) atoms. The zero-order valence-electron chi connectivity index (χ0n) is 12.9. The molecule has 1 aromatic carbocycles. The Morgan fingerprint density at radius 3 is 2.52 bits per heavy atom. The minimum atomic E-state index is -0.332. The predicted molar refractivity (Wildman–Crippen MR) is 86.6 cm³/mol. The molecule has 1 unspecified atom stereocenters. The van der Waals surface area contributed by atoms with Gasteiger partial charge in [0.2, 0.25) is 0 Å². The topological polar surface area (TPSA) is 55.6 Å². The predicted octanol–water partition coefficient (Wildman–Crippen LogP) is 2.44. The quantitative estimate of drug-likeness (QED) is 0.929. The molecule has 1 saturated heterocycles. The van der Waals surface area contributed by atoms with Crippen LogP contribution >= 0.6 is 12.4 Å². The van der Waals surface area contributed by atoms with Gasteiger partial charge >= 0.3 is 0 Å². The lowest BCUT2D eigenvalue weighted by Gasteiger charge is -2.28. The first kappa shape index (κ1) is 18.0. The van der Waals surface area contributed by atoms with Gasteiger partial charge in [-0.15, -0.1) is 12.4 Å². The molecule has 1 amide bonds. The van der Waals surface area contributed by atoms with Gasteiger partial charge in [-0.1, -0.05) is 29.8 Å². The maximum absolute atomic E-state index is 12.4. The van der Waals surface area contributed by atoms with Crippen molar-refractivity contribution in [3.05, 3.63) is 35.4 Å². The molecule has 2 N–H and O–H groups in total. The first-order valence-electron chi connectivity index (χ1n) is 7.21. The molecule has 3 atom stereocenters. The van der Waals surface area contributed by atoms with Crippen LogP contribution in [0.15, 0.2) is 24.3 Å². The van der Waals surface area contributed by atoms with E-state index < -0.39 is 0 Å². The second-order valence-electron chi connectivity index (χ2n) is 5.60. The second-order valence-corrected chi connectivity index (χ2v) is 5.60. The summed E-state index contributed by atoms with van der Waals surface area (Å²) in [6, 6.07) is 8.33. The molecule has 0 radical (unpaired) electrons. The van der Waals surface area contributed by atoms with Gasteiger partial charge in [-0.3, -0.25) is 4.79 Å². The van der Waals surface area contributed by atoms with Crippen molar-refractivity contribution in [3.8, 4) is 0 Å². The number of nitrogens with zero attached hydrogens (tertiary/aromatic N) is 1. The third-order valence-corrected chi connectivity index (χ3v) is 4.13. The summed E-state index contributed by atoms with van der Waals surface area (Å²) < 4.78 is 5.68. The Labute approximate surface area is 133 Å². The molecule has 1 fully saturated rings. The molecule has 4 nitrogen and oxygen atoms in total. The summed E-state index contributed by atoms with van der Waals surface area (Å²) in [4.78, 5) is 14.2.